The number of nitrogens with zero attached hydrogens (tertiary/aromatic N) is 1. The summed E-state index contributed by atoms with van der Waals surface area (Å²) in [6.07, 6.45) is -0.492. The molecule has 1 heterocycles. The molecule has 15 heavy (non-hydrogen) atoms. The molecule has 86 valence electrons. The van der Waals surface area contributed by atoms with Crippen LogP contribution in [0, 0.1) is 0 Å². The highest BCUT2D eigenvalue weighted by atomic mass is 16.6. The van der Waals surface area contributed by atoms with Crippen molar-refractivity contribution in [2.45, 2.75) is 32.0 Å². The quantitative estimate of drug-likeness (QED) is 0.641. The molecular formula is C10H17NO4. The van der Waals surface area contributed by atoms with Gasteiger partial charge in [0.1, 0.15) is 11.4 Å². The van der Waals surface area contributed by atoms with Gasteiger partial charge in [-0.1, -0.05) is 6.58 Å². The maximum Gasteiger partial charge on any atom is 0.410 e. The van der Waals surface area contributed by atoms with Crippen LogP contribution in [0.4, 0.5) is 4.79 Å². The Morgan fingerprint density at radius 1 is 1.47 bits per heavy atom. The molecule has 5 nitrogen and oxygen atoms in total. The van der Waals surface area contributed by atoms with E-state index in [1.807, 2.05) is 0 Å². The van der Waals surface area contributed by atoms with Crippen molar-refractivity contribution in [1.29, 1.82) is 0 Å². The van der Waals surface area contributed by atoms with E-state index in [0.29, 0.717) is 0 Å². The second-order valence-electron chi connectivity index (χ2n) is 4.81. The van der Waals surface area contributed by atoms with Crippen LogP contribution in [0.1, 0.15) is 20.8 Å². The number of ether oxygens (including phenoxy) is 1. The minimum atomic E-state index is -1.36. The van der Waals surface area contributed by atoms with Crippen molar-refractivity contribution >= 4 is 6.09 Å². The molecule has 1 rings (SSSR count). The van der Waals surface area contributed by atoms with Gasteiger partial charge in [0.25, 0.3) is 0 Å². The van der Waals surface area contributed by atoms with Gasteiger partial charge in [-0.15, -0.1) is 0 Å². The van der Waals surface area contributed by atoms with E-state index in [-0.39, 0.29) is 18.8 Å². The third-order valence-electron chi connectivity index (χ3n) is 2.09. The summed E-state index contributed by atoms with van der Waals surface area (Å²) in [6, 6.07) is 0. The fraction of sp³-hybridized carbons (Fsp3) is 0.700. The second-order valence-corrected chi connectivity index (χ2v) is 4.81. The summed E-state index contributed by atoms with van der Waals surface area (Å²) in [5.74, 6) is -0.317. The van der Waals surface area contributed by atoms with Crippen molar-refractivity contribution in [1.82, 2.24) is 4.90 Å². The predicted octanol–water partition coefficient (Wildman–Crippen LogP) is 1.04. The van der Waals surface area contributed by atoms with Gasteiger partial charge in [0.2, 0.25) is 0 Å². The van der Waals surface area contributed by atoms with Crippen LogP contribution in [0.15, 0.2) is 12.3 Å². The Morgan fingerprint density at radius 2 is 1.93 bits per heavy atom. The molecule has 1 fully saturated rings. The van der Waals surface area contributed by atoms with E-state index in [4.69, 9.17) is 9.84 Å². The maximum atomic E-state index is 11.4. The Balaban J connectivity index is 2.46. The number of hydrogen-bond donors (Lipinski definition) is 2. The molecule has 0 aromatic rings. The normalized spacial score (nSPS) is 19.3. The Morgan fingerprint density at radius 3 is 2.27 bits per heavy atom. The molecule has 0 aromatic heterocycles. The number of aliphatic hydroxyl groups excluding tert-OH is 1. The topological polar surface area (TPSA) is 70.0 Å². The van der Waals surface area contributed by atoms with Gasteiger partial charge in [0, 0.05) is 0 Å². The Kier molecular flexibility index (Phi) is 2.69. The van der Waals surface area contributed by atoms with Crippen LogP contribution in [0.25, 0.3) is 0 Å². The van der Waals surface area contributed by atoms with Crippen molar-refractivity contribution in [2.75, 3.05) is 13.1 Å². The second kappa shape index (κ2) is 3.41. The lowest BCUT2D eigenvalue weighted by atomic mass is 9.93. The van der Waals surface area contributed by atoms with Crippen molar-refractivity contribution in [2.24, 2.45) is 0 Å². The first kappa shape index (κ1) is 11.8. The molecule has 0 bridgehead atoms. The van der Waals surface area contributed by atoms with Crippen LogP contribution < -0.4 is 0 Å². The first-order valence-corrected chi connectivity index (χ1v) is 4.73. The van der Waals surface area contributed by atoms with Gasteiger partial charge in [-0.05, 0) is 20.8 Å². The minimum Gasteiger partial charge on any atom is -0.510 e. The molecule has 1 aliphatic rings. The van der Waals surface area contributed by atoms with E-state index in [0.717, 1.165) is 0 Å². The molecule has 0 aromatic carbocycles. The SMILES string of the molecule is C=C(O)C1(O)CN(C(=O)OC(C)(C)C)C1. The van der Waals surface area contributed by atoms with E-state index >= 15 is 0 Å². The zero-order chi connectivity index (χ0) is 11.9. The van der Waals surface area contributed by atoms with E-state index in [2.05, 4.69) is 6.58 Å². The summed E-state index contributed by atoms with van der Waals surface area (Å²) in [5, 5.41) is 18.6. The highest BCUT2D eigenvalue weighted by Crippen LogP contribution is 2.27. The number of carbonyl (C=O) groups is 1. The lowest BCUT2D eigenvalue weighted by Crippen LogP contribution is -2.64. The largest absolute Gasteiger partial charge is 0.510 e. The van der Waals surface area contributed by atoms with E-state index < -0.39 is 17.3 Å². The van der Waals surface area contributed by atoms with Crippen molar-refractivity contribution in [3.8, 4) is 0 Å². The average Bonchev–Trinajstić information content (AvgIpc) is 1.94. The number of carbonyl (C=O) groups excluding carboxylic acids is 1. The monoisotopic (exact) mass is 215 g/mol. The van der Waals surface area contributed by atoms with E-state index in [9.17, 15) is 9.90 Å². The number of β-amino-alcohol motifs (C(OH)–C–C–N with tert-alkyl or cyclic N) is 1. The van der Waals surface area contributed by atoms with Gasteiger partial charge >= 0.3 is 6.09 Å². The maximum absolute atomic E-state index is 11.4. The molecule has 2 N–H and O–H groups in total. The molecule has 0 unspecified atom stereocenters. The Bertz CT molecular complexity index is 286. The number of amides is 1. The molecule has 5 heteroatoms. The fourth-order valence-corrected chi connectivity index (χ4v) is 1.22. The molecule has 0 radical (unpaired) electrons. The number of aliphatic hydroxyl groups is 2. The molecule has 1 amide bonds. The summed E-state index contributed by atoms with van der Waals surface area (Å²) < 4.78 is 5.08. The summed E-state index contributed by atoms with van der Waals surface area (Å²) in [5.41, 5.74) is -1.92. The van der Waals surface area contributed by atoms with Crippen molar-refractivity contribution in [3.05, 3.63) is 12.3 Å². The predicted molar refractivity (Wildman–Crippen MR) is 54.5 cm³/mol. The minimum absolute atomic E-state index is 0.0250. The molecule has 1 aliphatic heterocycles. The van der Waals surface area contributed by atoms with Crippen molar-refractivity contribution < 1.29 is 19.7 Å². The summed E-state index contributed by atoms with van der Waals surface area (Å²) in [6.45, 7) is 8.59. The van der Waals surface area contributed by atoms with Gasteiger partial charge < -0.3 is 19.8 Å². The molecular weight excluding hydrogens is 198 g/mol. The summed E-state index contributed by atoms with van der Waals surface area (Å²) in [4.78, 5) is 12.7. The lowest BCUT2D eigenvalue weighted by molar-refractivity contribution is -0.0932. The molecule has 0 spiro atoms. The molecule has 1 saturated heterocycles. The first-order chi connectivity index (χ1) is 6.64. The van der Waals surface area contributed by atoms with E-state index in [1.165, 1.54) is 4.90 Å². The average molecular weight is 215 g/mol. The highest BCUT2D eigenvalue weighted by Gasteiger charge is 2.47. The smallest absolute Gasteiger partial charge is 0.410 e. The van der Waals surface area contributed by atoms with Gasteiger partial charge in [-0.2, -0.15) is 0 Å². The third kappa shape index (κ3) is 2.62. The zero-order valence-corrected chi connectivity index (χ0v) is 9.28. The molecule has 0 aliphatic carbocycles. The van der Waals surface area contributed by atoms with Crippen LogP contribution in [-0.4, -0.2) is 45.5 Å². The fourth-order valence-electron chi connectivity index (χ4n) is 1.22. The van der Waals surface area contributed by atoms with Crippen LogP contribution in [0.2, 0.25) is 0 Å². The lowest BCUT2D eigenvalue weighted by Gasteiger charge is -2.45. The van der Waals surface area contributed by atoms with Crippen LogP contribution in [0.3, 0.4) is 0 Å². The summed E-state index contributed by atoms with van der Waals surface area (Å²) in [7, 11) is 0. The van der Waals surface area contributed by atoms with Crippen LogP contribution >= 0.6 is 0 Å². The number of hydrogen-bond acceptors (Lipinski definition) is 4. The third-order valence-corrected chi connectivity index (χ3v) is 2.09. The van der Waals surface area contributed by atoms with E-state index in [1.54, 1.807) is 20.8 Å². The van der Waals surface area contributed by atoms with Crippen LogP contribution in [-0.2, 0) is 4.74 Å². The number of likely N-dealkylation sites (tertiary alicyclic amines) is 1. The highest BCUT2D eigenvalue weighted by molar-refractivity contribution is 5.70. The van der Waals surface area contributed by atoms with Crippen molar-refractivity contribution in [3.63, 3.8) is 0 Å². The Hall–Kier alpha value is -1.23. The zero-order valence-electron chi connectivity index (χ0n) is 9.28. The first-order valence-electron chi connectivity index (χ1n) is 4.73. The van der Waals surface area contributed by atoms with Gasteiger partial charge in [-0.25, -0.2) is 4.79 Å². The van der Waals surface area contributed by atoms with Crippen LogP contribution in [0.5, 0.6) is 0 Å². The summed E-state index contributed by atoms with van der Waals surface area (Å²) >= 11 is 0. The Labute approximate surface area is 89.0 Å². The standard InChI is InChI=1S/C10H17NO4/c1-7(12)10(14)5-11(6-10)8(13)15-9(2,3)4/h12,14H,1,5-6H2,2-4H3. The molecule has 0 saturated carbocycles. The van der Waals surface area contributed by atoms with Gasteiger partial charge in [-0.3, -0.25) is 0 Å². The van der Waals surface area contributed by atoms with Gasteiger partial charge in [0.15, 0.2) is 5.60 Å². The molecule has 0 atom stereocenters. The number of rotatable bonds is 1. The van der Waals surface area contributed by atoms with Gasteiger partial charge in [0.05, 0.1) is 13.1 Å².